The lowest BCUT2D eigenvalue weighted by molar-refractivity contribution is -0.145. The van der Waals surface area contributed by atoms with Gasteiger partial charge in [0.05, 0.1) is 13.0 Å². The van der Waals surface area contributed by atoms with E-state index in [9.17, 15) is 9.18 Å². The topological polar surface area (TPSA) is 53.9 Å². The lowest BCUT2D eigenvalue weighted by Gasteiger charge is -2.21. The van der Waals surface area contributed by atoms with Crippen molar-refractivity contribution in [2.24, 2.45) is 16.8 Å². The maximum Gasteiger partial charge on any atom is 0.310 e. The molecular formula is C18H26FN3O2S. The van der Waals surface area contributed by atoms with E-state index in [4.69, 9.17) is 4.74 Å². The number of rotatable bonds is 6. The molecule has 0 amide bonds. The molecule has 2 unspecified atom stereocenters. The number of hydrogen-bond donors (Lipinski definition) is 1. The molecule has 1 aromatic carbocycles. The Bertz CT molecular complexity index is 594. The molecule has 25 heavy (non-hydrogen) atoms. The standard InChI is InChI=1S/C18H26FN3O2S/c1-13-11-22(12-16(13)17(23)24-3)18(20-2)21-9-4-10-25-15-7-5-14(19)6-8-15/h5-8,13,16H,4,9-12H2,1-3H3,(H,20,21). The molecule has 2 rings (SSSR count). The first-order valence-electron chi connectivity index (χ1n) is 8.47. The third kappa shape index (κ3) is 5.63. The first kappa shape index (κ1) is 19.6. The maximum absolute atomic E-state index is 12.9. The zero-order valence-electron chi connectivity index (χ0n) is 15.0. The van der Waals surface area contributed by atoms with Gasteiger partial charge in [0, 0.05) is 31.6 Å². The minimum absolute atomic E-state index is 0.0995. The summed E-state index contributed by atoms with van der Waals surface area (Å²) in [4.78, 5) is 19.3. The number of halogens is 1. The summed E-state index contributed by atoms with van der Waals surface area (Å²) in [7, 11) is 3.19. The average Bonchev–Trinajstić information content (AvgIpc) is 3.00. The van der Waals surface area contributed by atoms with Gasteiger partial charge in [-0.05, 0) is 42.4 Å². The molecule has 0 saturated carbocycles. The van der Waals surface area contributed by atoms with Crippen LogP contribution >= 0.6 is 11.8 Å². The van der Waals surface area contributed by atoms with Crippen LogP contribution in [-0.2, 0) is 9.53 Å². The fraction of sp³-hybridized carbons (Fsp3) is 0.556. The lowest BCUT2D eigenvalue weighted by Crippen LogP contribution is -2.41. The number of guanidine groups is 1. The predicted octanol–water partition coefficient (Wildman–Crippen LogP) is 2.62. The Labute approximate surface area is 153 Å². The van der Waals surface area contributed by atoms with Crippen LogP contribution in [0.4, 0.5) is 4.39 Å². The molecule has 1 aliphatic heterocycles. The molecular weight excluding hydrogens is 341 g/mol. The largest absolute Gasteiger partial charge is 0.469 e. The summed E-state index contributed by atoms with van der Waals surface area (Å²) in [6, 6.07) is 6.55. The number of likely N-dealkylation sites (tertiary alicyclic amines) is 1. The van der Waals surface area contributed by atoms with Crippen LogP contribution in [-0.4, -0.2) is 56.4 Å². The Morgan fingerprint density at radius 1 is 1.40 bits per heavy atom. The number of nitrogens with one attached hydrogen (secondary N) is 1. The number of esters is 1. The van der Waals surface area contributed by atoms with Crippen LogP contribution < -0.4 is 5.32 Å². The number of aliphatic imine (C=N–C) groups is 1. The minimum atomic E-state index is -0.208. The number of thioether (sulfide) groups is 1. The van der Waals surface area contributed by atoms with Gasteiger partial charge >= 0.3 is 5.97 Å². The number of benzene rings is 1. The van der Waals surface area contributed by atoms with Gasteiger partial charge in [-0.3, -0.25) is 9.79 Å². The molecule has 0 spiro atoms. The highest BCUT2D eigenvalue weighted by Gasteiger charge is 2.36. The summed E-state index contributed by atoms with van der Waals surface area (Å²) >= 11 is 1.71. The van der Waals surface area contributed by atoms with Crippen LogP contribution in [0.2, 0.25) is 0 Å². The third-order valence-electron chi connectivity index (χ3n) is 4.31. The van der Waals surface area contributed by atoms with E-state index in [0.717, 1.165) is 36.1 Å². The minimum Gasteiger partial charge on any atom is -0.469 e. The second-order valence-electron chi connectivity index (χ2n) is 6.14. The van der Waals surface area contributed by atoms with E-state index in [0.29, 0.717) is 6.54 Å². The summed E-state index contributed by atoms with van der Waals surface area (Å²) in [6.07, 6.45) is 0.963. The molecule has 1 fully saturated rings. The van der Waals surface area contributed by atoms with Crippen LogP contribution in [0.15, 0.2) is 34.2 Å². The summed E-state index contributed by atoms with van der Waals surface area (Å²) in [5.74, 6) is 1.56. The van der Waals surface area contributed by atoms with Crippen LogP contribution in [0.1, 0.15) is 13.3 Å². The highest BCUT2D eigenvalue weighted by atomic mass is 32.2. The normalized spacial score (nSPS) is 20.6. The first-order valence-corrected chi connectivity index (χ1v) is 9.45. The Hall–Kier alpha value is -1.76. The van der Waals surface area contributed by atoms with Crippen molar-refractivity contribution in [2.45, 2.75) is 18.2 Å². The van der Waals surface area contributed by atoms with E-state index < -0.39 is 0 Å². The van der Waals surface area contributed by atoms with Gasteiger partial charge in [-0.15, -0.1) is 11.8 Å². The Morgan fingerprint density at radius 2 is 2.12 bits per heavy atom. The van der Waals surface area contributed by atoms with Gasteiger partial charge in [0.25, 0.3) is 0 Å². The van der Waals surface area contributed by atoms with Gasteiger partial charge in [0.1, 0.15) is 5.82 Å². The second kappa shape index (κ2) is 9.65. The van der Waals surface area contributed by atoms with Crippen molar-refractivity contribution in [2.75, 3.05) is 39.5 Å². The zero-order chi connectivity index (χ0) is 18.2. The number of ether oxygens (including phenoxy) is 1. The van der Waals surface area contributed by atoms with Gasteiger partial charge < -0.3 is 15.0 Å². The van der Waals surface area contributed by atoms with Crippen LogP contribution in [0.25, 0.3) is 0 Å². The van der Waals surface area contributed by atoms with Crippen molar-refractivity contribution in [3.8, 4) is 0 Å². The van der Waals surface area contributed by atoms with Crippen LogP contribution in [0.5, 0.6) is 0 Å². The number of carbonyl (C=O) groups excluding carboxylic acids is 1. The first-order chi connectivity index (χ1) is 12.0. The molecule has 1 aromatic rings. The molecule has 1 heterocycles. The molecule has 138 valence electrons. The fourth-order valence-corrected chi connectivity index (χ4v) is 3.78. The quantitative estimate of drug-likeness (QED) is 0.275. The smallest absolute Gasteiger partial charge is 0.310 e. The van der Waals surface area contributed by atoms with Gasteiger partial charge in [-0.2, -0.15) is 0 Å². The lowest BCUT2D eigenvalue weighted by atomic mass is 9.99. The monoisotopic (exact) mass is 367 g/mol. The Balaban J connectivity index is 1.72. The number of methoxy groups -OCH3 is 1. The highest BCUT2D eigenvalue weighted by Crippen LogP contribution is 2.24. The van der Waals surface area contributed by atoms with E-state index in [1.165, 1.54) is 19.2 Å². The molecule has 5 nitrogen and oxygen atoms in total. The fourth-order valence-electron chi connectivity index (χ4n) is 2.92. The molecule has 1 saturated heterocycles. The van der Waals surface area contributed by atoms with Crippen molar-refractivity contribution in [3.63, 3.8) is 0 Å². The number of carbonyl (C=O) groups is 1. The molecule has 0 aromatic heterocycles. The molecule has 1 N–H and O–H groups in total. The molecule has 0 radical (unpaired) electrons. The van der Waals surface area contributed by atoms with E-state index >= 15 is 0 Å². The summed E-state index contributed by atoms with van der Waals surface area (Å²) in [5.41, 5.74) is 0. The van der Waals surface area contributed by atoms with E-state index in [2.05, 4.69) is 22.1 Å². The van der Waals surface area contributed by atoms with Crippen molar-refractivity contribution in [1.82, 2.24) is 10.2 Å². The Morgan fingerprint density at radius 3 is 2.76 bits per heavy atom. The van der Waals surface area contributed by atoms with Gasteiger partial charge in [0.15, 0.2) is 5.96 Å². The molecule has 0 aliphatic carbocycles. The SMILES string of the molecule is CN=C(NCCCSc1ccc(F)cc1)N1CC(C)C(C(=O)OC)C1. The molecule has 1 aliphatic rings. The van der Waals surface area contributed by atoms with E-state index in [1.807, 2.05) is 0 Å². The highest BCUT2D eigenvalue weighted by molar-refractivity contribution is 7.99. The molecule has 2 atom stereocenters. The van der Waals surface area contributed by atoms with Crippen LogP contribution in [0, 0.1) is 17.7 Å². The summed E-state index contributed by atoms with van der Waals surface area (Å²) in [6.45, 7) is 4.30. The third-order valence-corrected chi connectivity index (χ3v) is 5.41. The van der Waals surface area contributed by atoms with Crippen molar-refractivity contribution < 1.29 is 13.9 Å². The van der Waals surface area contributed by atoms with Gasteiger partial charge in [0.2, 0.25) is 0 Å². The van der Waals surface area contributed by atoms with Crippen molar-refractivity contribution in [1.29, 1.82) is 0 Å². The maximum atomic E-state index is 12.9. The van der Waals surface area contributed by atoms with Crippen LogP contribution in [0.3, 0.4) is 0 Å². The number of nitrogens with zero attached hydrogens (tertiary/aromatic N) is 2. The summed E-state index contributed by atoms with van der Waals surface area (Å²) in [5, 5.41) is 3.36. The zero-order valence-corrected chi connectivity index (χ0v) is 15.8. The average molecular weight is 367 g/mol. The van der Waals surface area contributed by atoms with Gasteiger partial charge in [-0.25, -0.2) is 4.39 Å². The van der Waals surface area contributed by atoms with E-state index in [1.54, 1.807) is 30.9 Å². The summed E-state index contributed by atoms with van der Waals surface area (Å²) < 4.78 is 17.7. The predicted molar refractivity (Wildman–Crippen MR) is 99.3 cm³/mol. The second-order valence-corrected chi connectivity index (χ2v) is 7.31. The van der Waals surface area contributed by atoms with Crippen molar-refractivity contribution >= 4 is 23.7 Å². The Kier molecular flexibility index (Phi) is 7.55. The molecule has 7 heteroatoms. The molecule has 0 bridgehead atoms. The van der Waals surface area contributed by atoms with Gasteiger partial charge in [-0.1, -0.05) is 6.92 Å². The van der Waals surface area contributed by atoms with Crippen molar-refractivity contribution in [3.05, 3.63) is 30.1 Å². The number of hydrogen-bond acceptors (Lipinski definition) is 4. The van der Waals surface area contributed by atoms with E-state index in [-0.39, 0.29) is 23.6 Å².